The van der Waals surface area contributed by atoms with Crippen LogP contribution in [0, 0.1) is 5.92 Å². The number of hydrogen-bond donors (Lipinski definition) is 1. The smallest absolute Gasteiger partial charge is 0.112 e. The van der Waals surface area contributed by atoms with E-state index in [-0.39, 0.29) is 0 Å². The van der Waals surface area contributed by atoms with E-state index >= 15 is 0 Å². The minimum Gasteiger partial charge on any atom is -0.331 e. The van der Waals surface area contributed by atoms with Crippen LogP contribution in [0.3, 0.4) is 0 Å². The maximum Gasteiger partial charge on any atom is 0.112 e. The van der Waals surface area contributed by atoms with Crippen molar-refractivity contribution < 1.29 is 0 Å². The molecule has 1 aromatic rings. The van der Waals surface area contributed by atoms with Gasteiger partial charge in [-0.1, -0.05) is 6.92 Å². The van der Waals surface area contributed by atoms with Crippen LogP contribution in [0.25, 0.3) is 0 Å². The average molecular weight is 274 g/mol. The molecule has 110 valence electrons. The van der Waals surface area contributed by atoms with Crippen LogP contribution in [0.4, 0.5) is 0 Å². The Labute approximate surface area is 121 Å². The number of nitrogens with zero attached hydrogens (tertiary/aromatic N) is 3. The molecule has 4 heteroatoms. The maximum atomic E-state index is 4.98. The SMILES string of the molecule is CCN1CCC(Cn2c(C3CC3)nc3c2CCNC3)C1. The zero-order chi connectivity index (χ0) is 13.5. The van der Waals surface area contributed by atoms with E-state index in [1.165, 1.54) is 63.4 Å². The molecule has 0 amide bonds. The molecule has 1 saturated heterocycles. The van der Waals surface area contributed by atoms with Gasteiger partial charge in [0, 0.05) is 44.2 Å². The third-order valence-electron chi connectivity index (χ3n) is 5.22. The summed E-state index contributed by atoms with van der Waals surface area (Å²) < 4.78 is 2.62. The Morgan fingerprint density at radius 1 is 1.30 bits per heavy atom. The Kier molecular flexibility index (Phi) is 3.31. The molecule has 3 aliphatic rings. The number of likely N-dealkylation sites (tertiary alicyclic amines) is 1. The fourth-order valence-corrected chi connectivity index (χ4v) is 3.86. The second kappa shape index (κ2) is 5.15. The Balaban J connectivity index is 1.58. The molecule has 1 unspecified atom stereocenters. The fraction of sp³-hybridized carbons (Fsp3) is 0.812. The van der Waals surface area contributed by atoms with E-state index < -0.39 is 0 Å². The van der Waals surface area contributed by atoms with Gasteiger partial charge < -0.3 is 14.8 Å². The van der Waals surface area contributed by atoms with E-state index in [0.717, 1.165) is 24.9 Å². The first-order valence-electron chi connectivity index (χ1n) is 8.36. The number of hydrogen-bond acceptors (Lipinski definition) is 3. The average Bonchev–Trinajstić information content (AvgIpc) is 3.12. The minimum atomic E-state index is 0.768. The van der Waals surface area contributed by atoms with Gasteiger partial charge in [0.15, 0.2) is 0 Å². The van der Waals surface area contributed by atoms with Gasteiger partial charge in [0.25, 0.3) is 0 Å². The highest BCUT2D eigenvalue weighted by molar-refractivity contribution is 5.24. The Hall–Kier alpha value is -0.870. The van der Waals surface area contributed by atoms with Crippen LogP contribution in [-0.2, 0) is 19.5 Å². The molecule has 4 nitrogen and oxygen atoms in total. The van der Waals surface area contributed by atoms with Crippen molar-refractivity contribution in [3.63, 3.8) is 0 Å². The standard InChI is InChI=1S/C16H26N4/c1-2-19-8-6-12(10-19)11-20-15-5-7-17-9-14(15)18-16(20)13-3-4-13/h12-13,17H,2-11H2,1H3. The van der Waals surface area contributed by atoms with Crippen molar-refractivity contribution in [1.82, 2.24) is 19.8 Å². The molecule has 1 atom stereocenters. The zero-order valence-electron chi connectivity index (χ0n) is 12.6. The van der Waals surface area contributed by atoms with Crippen LogP contribution in [-0.4, -0.2) is 40.6 Å². The van der Waals surface area contributed by atoms with E-state index in [2.05, 4.69) is 21.7 Å². The largest absolute Gasteiger partial charge is 0.331 e. The maximum absolute atomic E-state index is 4.98. The summed E-state index contributed by atoms with van der Waals surface area (Å²) in [6.45, 7) is 9.37. The van der Waals surface area contributed by atoms with Gasteiger partial charge in [0.2, 0.25) is 0 Å². The summed E-state index contributed by atoms with van der Waals surface area (Å²) in [5, 5.41) is 3.47. The Bertz CT molecular complexity index is 489. The summed E-state index contributed by atoms with van der Waals surface area (Å²) in [5.41, 5.74) is 2.88. The van der Waals surface area contributed by atoms with Crippen LogP contribution < -0.4 is 5.32 Å². The highest BCUT2D eigenvalue weighted by Crippen LogP contribution is 2.41. The lowest BCUT2D eigenvalue weighted by Gasteiger charge is -2.19. The predicted molar refractivity (Wildman–Crippen MR) is 79.8 cm³/mol. The monoisotopic (exact) mass is 274 g/mol. The molecule has 0 spiro atoms. The quantitative estimate of drug-likeness (QED) is 0.908. The zero-order valence-corrected chi connectivity index (χ0v) is 12.6. The van der Waals surface area contributed by atoms with Gasteiger partial charge in [-0.25, -0.2) is 4.98 Å². The van der Waals surface area contributed by atoms with Crippen molar-refractivity contribution in [3.05, 3.63) is 17.2 Å². The first-order chi connectivity index (χ1) is 9.85. The molecule has 1 aliphatic carbocycles. The molecule has 0 radical (unpaired) electrons. The molecule has 4 rings (SSSR count). The molecule has 1 saturated carbocycles. The molecule has 2 fully saturated rings. The minimum absolute atomic E-state index is 0.768. The lowest BCUT2D eigenvalue weighted by Crippen LogP contribution is -2.26. The summed E-state index contributed by atoms with van der Waals surface area (Å²) in [7, 11) is 0. The van der Waals surface area contributed by atoms with Crippen LogP contribution >= 0.6 is 0 Å². The van der Waals surface area contributed by atoms with Gasteiger partial charge in [0.05, 0.1) is 5.69 Å². The lowest BCUT2D eigenvalue weighted by molar-refractivity contribution is 0.330. The van der Waals surface area contributed by atoms with Gasteiger partial charge in [-0.15, -0.1) is 0 Å². The highest BCUT2D eigenvalue weighted by atomic mass is 15.2. The van der Waals surface area contributed by atoms with E-state index in [1.54, 1.807) is 5.69 Å². The number of aromatic nitrogens is 2. The first kappa shape index (κ1) is 12.8. The van der Waals surface area contributed by atoms with Gasteiger partial charge in [-0.2, -0.15) is 0 Å². The van der Waals surface area contributed by atoms with Gasteiger partial charge >= 0.3 is 0 Å². The molecular formula is C16H26N4. The first-order valence-corrected chi connectivity index (χ1v) is 8.36. The van der Waals surface area contributed by atoms with E-state index in [4.69, 9.17) is 4.98 Å². The molecule has 1 N–H and O–H groups in total. The molecule has 2 aliphatic heterocycles. The molecule has 3 heterocycles. The molecule has 0 bridgehead atoms. The van der Waals surface area contributed by atoms with Crippen molar-refractivity contribution in [3.8, 4) is 0 Å². The molecule has 20 heavy (non-hydrogen) atoms. The van der Waals surface area contributed by atoms with Gasteiger partial charge in [-0.3, -0.25) is 0 Å². The summed E-state index contributed by atoms with van der Waals surface area (Å²) >= 11 is 0. The summed E-state index contributed by atoms with van der Waals surface area (Å²) in [4.78, 5) is 7.57. The third-order valence-corrected chi connectivity index (χ3v) is 5.22. The summed E-state index contributed by atoms with van der Waals surface area (Å²) in [5.74, 6) is 3.01. The van der Waals surface area contributed by atoms with Crippen molar-refractivity contribution in [1.29, 1.82) is 0 Å². The lowest BCUT2D eigenvalue weighted by atomic mass is 10.1. The molecule has 0 aromatic carbocycles. The van der Waals surface area contributed by atoms with E-state index in [1.807, 2.05) is 0 Å². The molecular weight excluding hydrogens is 248 g/mol. The fourth-order valence-electron chi connectivity index (χ4n) is 3.86. The van der Waals surface area contributed by atoms with Crippen LogP contribution in [0.2, 0.25) is 0 Å². The Morgan fingerprint density at radius 3 is 2.95 bits per heavy atom. The second-order valence-corrected chi connectivity index (χ2v) is 6.72. The van der Waals surface area contributed by atoms with Crippen molar-refractivity contribution in [2.24, 2.45) is 5.92 Å². The van der Waals surface area contributed by atoms with Crippen molar-refractivity contribution in [2.45, 2.75) is 51.6 Å². The topological polar surface area (TPSA) is 33.1 Å². The number of fused-ring (bicyclic) bond motifs is 1. The highest BCUT2D eigenvalue weighted by Gasteiger charge is 2.33. The van der Waals surface area contributed by atoms with Crippen LogP contribution in [0.5, 0.6) is 0 Å². The summed E-state index contributed by atoms with van der Waals surface area (Å²) in [6.07, 6.45) is 5.24. The van der Waals surface area contributed by atoms with Crippen molar-refractivity contribution in [2.75, 3.05) is 26.2 Å². The second-order valence-electron chi connectivity index (χ2n) is 6.72. The van der Waals surface area contributed by atoms with Gasteiger partial charge in [0.1, 0.15) is 5.82 Å². The molecule has 1 aromatic heterocycles. The number of imidazole rings is 1. The number of rotatable bonds is 4. The van der Waals surface area contributed by atoms with E-state index in [9.17, 15) is 0 Å². The van der Waals surface area contributed by atoms with Gasteiger partial charge in [-0.05, 0) is 38.3 Å². The summed E-state index contributed by atoms with van der Waals surface area (Å²) in [6, 6.07) is 0. The van der Waals surface area contributed by atoms with E-state index in [0.29, 0.717) is 0 Å². The Morgan fingerprint density at radius 2 is 2.20 bits per heavy atom. The van der Waals surface area contributed by atoms with Crippen LogP contribution in [0.15, 0.2) is 0 Å². The predicted octanol–water partition coefficient (Wildman–Crippen LogP) is 1.75. The van der Waals surface area contributed by atoms with Crippen molar-refractivity contribution >= 4 is 0 Å². The number of nitrogens with one attached hydrogen (secondary N) is 1. The van der Waals surface area contributed by atoms with Crippen LogP contribution in [0.1, 0.15) is 49.3 Å². The normalized spacial score (nSPS) is 26.9. The third kappa shape index (κ3) is 2.29.